The Morgan fingerprint density at radius 2 is 2.00 bits per heavy atom. The second kappa shape index (κ2) is 9.72. The third-order valence-electron chi connectivity index (χ3n) is 6.83. The van der Waals surface area contributed by atoms with Gasteiger partial charge >= 0.3 is 0 Å². The van der Waals surface area contributed by atoms with Gasteiger partial charge in [0.25, 0.3) is 0 Å². The summed E-state index contributed by atoms with van der Waals surface area (Å²) in [7, 11) is 1.72. The maximum Gasteiger partial charge on any atom is 0.250 e. The van der Waals surface area contributed by atoms with Gasteiger partial charge in [0.15, 0.2) is 0 Å². The molecule has 2 amide bonds. The Morgan fingerprint density at radius 1 is 1.24 bits per heavy atom. The molecule has 2 aliphatic rings. The van der Waals surface area contributed by atoms with Crippen LogP contribution in [0.15, 0.2) is 30.3 Å². The first kappa shape index (κ1) is 21.8. The van der Waals surface area contributed by atoms with E-state index in [4.69, 9.17) is 0 Å². The zero-order valence-electron chi connectivity index (χ0n) is 17.6. The van der Waals surface area contributed by atoms with Crippen LogP contribution in [0.3, 0.4) is 0 Å². The van der Waals surface area contributed by atoms with E-state index in [-0.39, 0.29) is 35.7 Å². The molecule has 0 spiro atoms. The van der Waals surface area contributed by atoms with Crippen LogP contribution in [0, 0.1) is 17.3 Å². The molecule has 2 aliphatic carbocycles. The van der Waals surface area contributed by atoms with Gasteiger partial charge in [-0.25, -0.2) is 0 Å². The summed E-state index contributed by atoms with van der Waals surface area (Å²) in [5.41, 5.74) is 0.830. The number of carbonyl (C=O) groups excluding carboxylic acids is 2. The van der Waals surface area contributed by atoms with Crippen molar-refractivity contribution < 1.29 is 14.7 Å². The van der Waals surface area contributed by atoms with Crippen LogP contribution < -0.4 is 16.0 Å². The maximum atomic E-state index is 12.6. The predicted octanol–water partition coefficient (Wildman–Crippen LogP) is 1.97. The fourth-order valence-corrected chi connectivity index (χ4v) is 5.31. The molecule has 0 heterocycles. The number of hydrogen-bond acceptors (Lipinski definition) is 4. The minimum Gasteiger partial charge on any atom is -0.382 e. The van der Waals surface area contributed by atoms with Gasteiger partial charge in [0.2, 0.25) is 11.8 Å². The highest BCUT2D eigenvalue weighted by Gasteiger charge is 2.48. The molecular weight excluding hydrogens is 366 g/mol. The first-order chi connectivity index (χ1) is 13.9. The van der Waals surface area contributed by atoms with Crippen LogP contribution in [0.1, 0.15) is 51.0 Å². The van der Waals surface area contributed by atoms with Crippen LogP contribution in [0.25, 0.3) is 0 Å². The molecule has 0 radical (unpaired) electrons. The lowest BCUT2D eigenvalue weighted by Crippen LogP contribution is -2.52. The molecule has 3 rings (SSSR count). The highest BCUT2D eigenvalue weighted by molar-refractivity contribution is 5.83. The fraction of sp³-hybridized carbons (Fsp3) is 0.652. The van der Waals surface area contributed by atoms with Crippen molar-refractivity contribution in [1.82, 2.24) is 16.0 Å². The summed E-state index contributed by atoms with van der Waals surface area (Å²) in [6.45, 7) is 2.83. The summed E-state index contributed by atoms with van der Waals surface area (Å²) in [5.74, 6) is 0.620. The standard InChI is InChI=1S/C23H35N3O3/c1-16(19-11-18-9-6-10-23(12-18,13-19)22(29)24-2)26-21(28)20(27)15-25-14-17-7-4-3-5-8-17/h3-5,7-8,16,18-20,25,27H,6,9-15H2,1-2H3,(H,24,29)(H,26,28)/t16?,18?,19?,20-,23+/m1/s1. The molecule has 1 aromatic carbocycles. The number of nitrogens with one attached hydrogen (secondary N) is 3. The van der Waals surface area contributed by atoms with Gasteiger partial charge in [-0.3, -0.25) is 9.59 Å². The second-order valence-electron chi connectivity index (χ2n) is 8.95. The number of fused-ring (bicyclic) bond motifs is 2. The largest absolute Gasteiger partial charge is 0.382 e. The van der Waals surface area contributed by atoms with Gasteiger partial charge in [0.05, 0.1) is 0 Å². The Kier molecular flexibility index (Phi) is 7.30. The Labute approximate surface area is 173 Å². The van der Waals surface area contributed by atoms with Crippen molar-refractivity contribution in [3.8, 4) is 0 Å². The molecule has 2 fully saturated rings. The smallest absolute Gasteiger partial charge is 0.250 e. The van der Waals surface area contributed by atoms with Crippen molar-refractivity contribution in [2.45, 2.75) is 64.1 Å². The molecule has 160 valence electrons. The van der Waals surface area contributed by atoms with E-state index in [2.05, 4.69) is 16.0 Å². The summed E-state index contributed by atoms with van der Waals surface area (Å²) in [6, 6.07) is 9.84. The summed E-state index contributed by atoms with van der Waals surface area (Å²) < 4.78 is 0. The zero-order valence-corrected chi connectivity index (χ0v) is 17.6. The average Bonchev–Trinajstić information content (AvgIpc) is 2.73. The predicted molar refractivity (Wildman–Crippen MR) is 113 cm³/mol. The van der Waals surface area contributed by atoms with Crippen molar-refractivity contribution in [2.75, 3.05) is 13.6 Å². The van der Waals surface area contributed by atoms with Gasteiger partial charge in [-0.1, -0.05) is 43.2 Å². The Hall–Kier alpha value is -1.92. The summed E-state index contributed by atoms with van der Waals surface area (Å²) >= 11 is 0. The molecule has 0 aromatic heterocycles. The molecule has 2 saturated carbocycles. The summed E-state index contributed by atoms with van der Waals surface area (Å²) in [5, 5.41) is 19.2. The van der Waals surface area contributed by atoms with Gasteiger partial charge in [0, 0.05) is 31.6 Å². The average molecular weight is 402 g/mol. The van der Waals surface area contributed by atoms with Gasteiger partial charge in [0.1, 0.15) is 6.10 Å². The molecule has 0 aliphatic heterocycles. The van der Waals surface area contributed by atoms with Crippen molar-refractivity contribution in [1.29, 1.82) is 0 Å². The quantitative estimate of drug-likeness (QED) is 0.536. The normalized spacial score (nSPS) is 28.2. The maximum absolute atomic E-state index is 12.6. The molecule has 1 aromatic rings. The molecule has 6 nitrogen and oxygen atoms in total. The van der Waals surface area contributed by atoms with Gasteiger partial charge in [-0.15, -0.1) is 0 Å². The van der Waals surface area contributed by atoms with E-state index in [0.717, 1.165) is 37.7 Å². The minimum atomic E-state index is -1.09. The van der Waals surface area contributed by atoms with Gasteiger partial charge in [-0.2, -0.15) is 0 Å². The molecule has 5 atom stereocenters. The fourth-order valence-electron chi connectivity index (χ4n) is 5.31. The van der Waals surface area contributed by atoms with E-state index >= 15 is 0 Å². The third kappa shape index (κ3) is 5.37. The Morgan fingerprint density at radius 3 is 2.72 bits per heavy atom. The topological polar surface area (TPSA) is 90.5 Å². The number of carbonyl (C=O) groups is 2. The van der Waals surface area contributed by atoms with Crippen molar-refractivity contribution in [3.63, 3.8) is 0 Å². The van der Waals surface area contributed by atoms with Crippen molar-refractivity contribution in [3.05, 3.63) is 35.9 Å². The van der Waals surface area contributed by atoms with E-state index in [1.807, 2.05) is 37.3 Å². The number of benzene rings is 1. The SMILES string of the molecule is CNC(=O)[C@]12CCCC(CC(C(C)NC(=O)[C@H](O)CNCc3ccccc3)C1)C2. The third-order valence-corrected chi connectivity index (χ3v) is 6.83. The number of rotatable bonds is 8. The number of aliphatic hydroxyl groups excluding tert-OH is 1. The van der Waals surface area contributed by atoms with Crippen molar-refractivity contribution in [2.24, 2.45) is 17.3 Å². The van der Waals surface area contributed by atoms with E-state index in [0.29, 0.717) is 12.5 Å². The molecular formula is C23H35N3O3. The lowest BCUT2D eigenvalue weighted by molar-refractivity contribution is -0.138. The molecule has 6 heteroatoms. The van der Waals surface area contributed by atoms with Gasteiger partial charge < -0.3 is 21.1 Å². The summed E-state index contributed by atoms with van der Waals surface area (Å²) in [4.78, 5) is 25.1. The van der Waals surface area contributed by atoms with Crippen LogP contribution in [-0.2, 0) is 16.1 Å². The van der Waals surface area contributed by atoms with Crippen LogP contribution in [0.4, 0.5) is 0 Å². The highest BCUT2D eigenvalue weighted by atomic mass is 16.3. The van der Waals surface area contributed by atoms with Crippen molar-refractivity contribution >= 4 is 11.8 Å². The number of hydrogen-bond donors (Lipinski definition) is 4. The molecule has 3 unspecified atom stereocenters. The summed E-state index contributed by atoms with van der Waals surface area (Å²) in [6.07, 6.45) is 4.95. The lowest BCUT2D eigenvalue weighted by atomic mass is 9.57. The monoisotopic (exact) mass is 401 g/mol. The van der Waals surface area contributed by atoms with E-state index < -0.39 is 6.10 Å². The zero-order chi connectivity index (χ0) is 20.9. The van der Waals surface area contributed by atoms with Gasteiger partial charge in [-0.05, 0) is 50.0 Å². The minimum absolute atomic E-state index is 0.0591. The molecule has 0 saturated heterocycles. The van der Waals surface area contributed by atoms with Crippen LogP contribution in [-0.4, -0.2) is 42.7 Å². The first-order valence-electron chi connectivity index (χ1n) is 10.9. The number of amides is 2. The molecule has 29 heavy (non-hydrogen) atoms. The molecule has 2 bridgehead atoms. The Balaban J connectivity index is 1.50. The van der Waals surface area contributed by atoms with E-state index in [1.165, 1.54) is 6.42 Å². The first-order valence-corrected chi connectivity index (χ1v) is 10.9. The second-order valence-corrected chi connectivity index (χ2v) is 8.95. The van der Waals surface area contributed by atoms with Crippen LogP contribution in [0.2, 0.25) is 0 Å². The number of aliphatic hydroxyl groups is 1. The van der Waals surface area contributed by atoms with E-state index in [1.54, 1.807) is 7.05 Å². The van der Waals surface area contributed by atoms with Crippen LogP contribution in [0.5, 0.6) is 0 Å². The highest BCUT2D eigenvalue weighted by Crippen LogP contribution is 2.51. The lowest BCUT2D eigenvalue weighted by Gasteiger charge is -2.48. The van der Waals surface area contributed by atoms with E-state index in [9.17, 15) is 14.7 Å². The molecule has 4 N–H and O–H groups in total. The van der Waals surface area contributed by atoms with Crippen LogP contribution >= 0.6 is 0 Å². The Bertz CT molecular complexity index is 696.